The van der Waals surface area contributed by atoms with Crippen molar-refractivity contribution in [3.05, 3.63) is 117 Å². The molecule has 288 valence electrons. The van der Waals surface area contributed by atoms with Crippen molar-refractivity contribution in [2.45, 2.75) is 65.2 Å². The van der Waals surface area contributed by atoms with Gasteiger partial charge in [-0.1, -0.05) is 20.8 Å². The summed E-state index contributed by atoms with van der Waals surface area (Å²) in [6.07, 6.45) is 3.71. The van der Waals surface area contributed by atoms with Crippen molar-refractivity contribution in [2.75, 3.05) is 26.2 Å². The molecule has 4 heterocycles. The van der Waals surface area contributed by atoms with Crippen molar-refractivity contribution < 1.29 is 32.3 Å². The molecule has 0 unspecified atom stereocenters. The highest BCUT2D eigenvalue weighted by atomic mass is 19.2. The molecule has 55 heavy (non-hydrogen) atoms. The van der Waals surface area contributed by atoms with E-state index in [0.29, 0.717) is 53.3 Å². The van der Waals surface area contributed by atoms with Gasteiger partial charge in [-0.25, -0.2) is 13.2 Å². The number of carbonyl (C=O) groups is 4. The number of benzene rings is 2. The summed E-state index contributed by atoms with van der Waals surface area (Å²) in [7, 11) is 0. The molecule has 12 nitrogen and oxygen atoms in total. The zero-order valence-electron chi connectivity index (χ0n) is 31.5. The van der Waals surface area contributed by atoms with Crippen LogP contribution in [0.2, 0.25) is 0 Å². The van der Waals surface area contributed by atoms with Crippen LogP contribution in [0.15, 0.2) is 54.9 Å². The SMILES string of the molecule is CCNC(=O)C1=CN(C(=O)c2ccc(F)c(F)c2)C[C@@](C)(CCCNC(=O)C2=CN(C(=O)c3ccc(F)cc3)CC(C)(C)c3n[nH]c(C)c32)c2n[nH]c(C)c21. The van der Waals surface area contributed by atoms with E-state index >= 15 is 0 Å². The van der Waals surface area contributed by atoms with E-state index in [0.717, 1.165) is 12.1 Å². The molecule has 0 saturated carbocycles. The van der Waals surface area contributed by atoms with Crippen molar-refractivity contribution in [3.63, 3.8) is 0 Å². The van der Waals surface area contributed by atoms with E-state index in [4.69, 9.17) is 0 Å². The number of aryl methyl sites for hydroxylation is 2. The van der Waals surface area contributed by atoms with Gasteiger partial charge in [0.2, 0.25) is 0 Å². The van der Waals surface area contributed by atoms with Crippen molar-refractivity contribution in [2.24, 2.45) is 0 Å². The van der Waals surface area contributed by atoms with Gasteiger partial charge in [0.1, 0.15) is 5.82 Å². The molecule has 1 atom stereocenters. The first-order chi connectivity index (χ1) is 26.0. The third-order valence-electron chi connectivity index (χ3n) is 10.1. The average Bonchev–Trinajstić information content (AvgIpc) is 3.66. The van der Waals surface area contributed by atoms with E-state index in [-0.39, 0.29) is 41.9 Å². The number of rotatable bonds is 9. The fourth-order valence-electron chi connectivity index (χ4n) is 7.31. The Morgan fingerprint density at radius 2 is 1.29 bits per heavy atom. The highest BCUT2D eigenvalue weighted by Gasteiger charge is 2.41. The molecule has 15 heteroatoms. The number of carbonyl (C=O) groups excluding carboxylic acids is 4. The smallest absolute Gasteiger partial charge is 0.257 e. The zero-order valence-corrected chi connectivity index (χ0v) is 31.5. The molecule has 4 aromatic rings. The molecule has 0 radical (unpaired) electrons. The second-order valence-electron chi connectivity index (χ2n) is 14.9. The van der Waals surface area contributed by atoms with Gasteiger partial charge in [0.25, 0.3) is 23.6 Å². The fourth-order valence-corrected chi connectivity index (χ4v) is 7.31. The minimum Gasteiger partial charge on any atom is -0.352 e. The van der Waals surface area contributed by atoms with Crippen LogP contribution in [0, 0.1) is 31.3 Å². The fraction of sp³-hybridized carbons (Fsp3) is 0.350. The van der Waals surface area contributed by atoms with E-state index in [1.54, 1.807) is 20.8 Å². The first kappa shape index (κ1) is 38.7. The third-order valence-corrected chi connectivity index (χ3v) is 10.1. The number of fused-ring (bicyclic) bond motifs is 2. The Labute approximate surface area is 316 Å². The predicted molar refractivity (Wildman–Crippen MR) is 199 cm³/mol. The van der Waals surface area contributed by atoms with Crippen molar-refractivity contribution in [1.82, 2.24) is 40.8 Å². The number of aromatic amines is 2. The standard InChI is InChI=1S/C40H43F3N8O4/c1-7-44-35(52)28-19-51(38(55)25-11-14-29(42)30(43)17-25)21-40(6,34-32(28)23(3)47-49-34)15-8-16-45-36(53)27-18-50(37(54)24-9-12-26(41)13-10-24)20-39(4,5)33-31(27)22(2)46-48-33/h9-14,17-19H,7-8,15-16,20-21H2,1-6H3,(H,44,52)(H,45,53)(H,46,48)(H,47,49)/t40-/m1/s1. The van der Waals surface area contributed by atoms with Gasteiger partial charge in [-0.15, -0.1) is 0 Å². The van der Waals surface area contributed by atoms with Gasteiger partial charge in [0.05, 0.1) is 22.5 Å². The Bertz CT molecular complexity index is 2240. The Morgan fingerprint density at radius 3 is 1.91 bits per heavy atom. The summed E-state index contributed by atoms with van der Waals surface area (Å²) >= 11 is 0. The molecule has 0 aliphatic carbocycles. The van der Waals surface area contributed by atoms with Crippen LogP contribution < -0.4 is 10.6 Å². The molecule has 6 rings (SSSR count). The maximum Gasteiger partial charge on any atom is 0.257 e. The predicted octanol–water partition coefficient (Wildman–Crippen LogP) is 5.43. The summed E-state index contributed by atoms with van der Waals surface area (Å²) in [6.45, 7) is 11.8. The minimum absolute atomic E-state index is 0.0250. The van der Waals surface area contributed by atoms with Crippen LogP contribution in [0.25, 0.3) is 11.1 Å². The number of amides is 4. The van der Waals surface area contributed by atoms with E-state index in [1.807, 2.05) is 20.8 Å². The molecule has 0 spiro atoms. The number of hydrogen-bond acceptors (Lipinski definition) is 6. The van der Waals surface area contributed by atoms with Gasteiger partial charge >= 0.3 is 0 Å². The maximum atomic E-state index is 14.3. The number of halogens is 3. The number of H-pyrrole nitrogens is 2. The second-order valence-corrected chi connectivity index (χ2v) is 14.9. The highest BCUT2D eigenvalue weighted by Crippen LogP contribution is 2.40. The van der Waals surface area contributed by atoms with Gasteiger partial charge < -0.3 is 20.4 Å². The lowest BCUT2D eigenvalue weighted by Crippen LogP contribution is -2.40. The summed E-state index contributed by atoms with van der Waals surface area (Å²) in [4.78, 5) is 57.8. The molecule has 4 amide bonds. The second kappa shape index (κ2) is 15.0. The molecule has 0 bridgehead atoms. The van der Waals surface area contributed by atoms with Crippen molar-refractivity contribution >= 4 is 34.8 Å². The molecule has 0 fully saturated rings. The van der Waals surface area contributed by atoms with E-state index < -0.39 is 51.9 Å². The van der Waals surface area contributed by atoms with Gasteiger partial charge in [-0.3, -0.25) is 29.4 Å². The Morgan fingerprint density at radius 1 is 0.745 bits per heavy atom. The number of aromatic nitrogens is 4. The monoisotopic (exact) mass is 756 g/mol. The Hall–Kier alpha value is -5.99. The quantitative estimate of drug-likeness (QED) is 0.167. The van der Waals surface area contributed by atoms with Crippen LogP contribution in [-0.2, 0) is 20.4 Å². The third kappa shape index (κ3) is 7.55. The topological polar surface area (TPSA) is 156 Å². The van der Waals surface area contributed by atoms with Crippen LogP contribution in [0.1, 0.15) is 95.2 Å². The summed E-state index contributed by atoms with van der Waals surface area (Å²) in [5.74, 6) is -4.67. The Kier molecular flexibility index (Phi) is 10.6. The summed E-state index contributed by atoms with van der Waals surface area (Å²) in [5, 5.41) is 20.8. The molecule has 4 N–H and O–H groups in total. The molecular formula is C40H43F3N8O4. The molecule has 0 saturated heterocycles. The lowest BCUT2D eigenvalue weighted by Gasteiger charge is -2.32. The van der Waals surface area contributed by atoms with Crippen LogP contribution in [-0.4, -0.2) is 80.0 Å². The largest absolute Gasteiger partial charge is 0.352 e. The molecule has 2 aromatic carbocycles. The normalized spacial score (nSPS) is 17.6. The van der Waals surface area contributed by atoms with E-state index in [1.165, 1.54) is 52.5 Å². The number of likely N-dealkylation sites (N-methyl/N-ethyl adjacent to an activating group) is 1. The summed E-state index contributed by atoms with van der Waals surface area (Å²) in [6, 6.07) is 8.10. The van der Waals surface area contributed by atoms with Crippen LogP contribution in [0.3, 0.4) is 0 Å². The molecule has 2 aliphatic rings. The number of hydrogen-bond donors (Lipinski definition) is 4. The molecule has 2 aromatic heterocycles. The van der Waals surface area contributed by atoms with Gasteiger partial charge in [-0.2, -0.15) is 10.2 Å². The maximum absolute atomic E-state index is 14.3. The van der Waals surface area contributed by atoms with Crippen LogP contribution in [0.4, 0.5) is 13.2 Å². The van der Waals surface area contributed by atoms with Crippen LogP contribution in [0.5, 0.6) is 0 Å². The highest BCUT2D eigenvalue weighted by molar-refractivity contribution is 6.21. The van der Waals surface area contributed by atoms with Gasteiger partial charge in [0.15, 0.2) is 11.6 Å². The summed E-state index contributed by atoms with van der Waals surface area (Å²) < 4.78 is 41.7. The minimum atomic E-state index is -1.18. The van der Waals surface area contributed by atoms with Crippen molar-refractivity contribution in [1.29, 1.82) is 0 Å². The van der Waals surface area contributed by atoms with Gasteiger partial charge in [-0.05, 0) is 76.1 Å². The lowest BCUT2D eigenvalue weighted by molar-refractivity contribution is -0.116. The first-order valence-electron chi connectivity index (χ1n) is 18.0. The first-order valence-corrected chi connectivity index (χ1v) is 18.0. The molecule has 2 aliphatic heterocycles. The summed E-state index contributed by atoms with van der Waals surface area (Å²) in [5.41, 5.74) is 2.54. The van der Waals surface area contributed by atoms with Crippen molar-refractivity contribution in [3.8, 4) is 0 Å². The van der Waals surface area contributed by atoms with Gasteiger partial charge in [0, 0.05) is 83.1 Å². The zero-order chi connectivity index (χ0) is 39.8. The number of nitrogens with zero attached hydrogens (tertiary/aromatic N) is 4. The number of nitrogens with one attached hydrogen (secondary N) is 4. The van der Waals surface area contributed by atoms with E-state index in [2.05, 4.69) is 31.0 Å². The molecular weight excluding hydrogens is 713 g/mol. The van der Waals surface area contributed by atoms with Crippen LogP contribution >= 0.6 is 0 Å². The average molecular weight is 757 g/mol. The Balaban J connectivity index is 1.27. The van der Waals surface area contributed by atoms with E-state index in [9.17, 15) is 32.3 Å². The lowest BCUT2D eigenvalue weighted by atomic mass is 9.79.